The van der Waals surface area contributed by atoms with Crippen molar-refractivity contribution >= 4 is 17.2 Å². The predicted molar refractivity (Wildman–Crippen MR) is 78.9 cm³/mol. The highest BCUT2D eigenvalue weighted by atomic mass is 32.1. The van der Waals surface area contributed by atoms with Gasteiger partial charge in [-0.05, 0) is 23.4 Å². The number of carbonyl (C=O) groups excluding carboxylic acids is 1. The number of hydrogen-bond donors (Lipinski definition) is 1. The molecule has 2 aromatic rings. The molecule has 1 amide bonds. The first kappa shape index (κ1) is 13.8. The predicted octanol–water partition coefficient (Wildman–Crippen LogP) is 2.28. The van der Waals surface area contributed by atoms with Crippen LogP contribution in [-0.4, -0.2) is 23.9 Å². The average Bonchev–Trinajstić information content (AvgIpc) is 2.91. The van der Waals surface area contributed by atoms with Gasteiger partial charge in [-0.1, -0.05) is 36.4 Å². The molecule has 0 spiro atoms. The summed E-state index contributed by atoms with van der Waals surface area (Å²) in [5, 5.41) is 2.01. The Morgan fingerprint density at radius 1 is 1.26 bits per heavy atom. The third-order valence-electron chi connectivity index (χ3n) is 2.96. The topological polar surface area (TPSA) is 46.3 Å². The van der Waals surface area contributed by atoms with Crippen molar-refractivity contribution in [3.8, 4) is 0 Å². The van der Waals surface area contributed by atoms with Crippen LogP contribution in [0.25, 0.3) is 0 Å². The molecule has 1 unspecified atom stereocenters. The van der Waals surface area contributed by atoms with Gasteiger partial charge in [-0.3, -0.25) is 4.79 Å². The van der Waals surface area contributed by atoms with Gasteiger partial charge in [-0.25, -0.2) is 0 Å². The Morgan fingerprint density at radius 2 is 2.00 bits per heavy atom. The lowest BCUT2D eigenvalue weighted by molar-refractivity contribution is -0.131. The number of benzene rings is 1. The van der Waals surface area contributed by atoms with Crippen molar-refractivity contribution in [3.63, 3.8) is 0 Å². The zero-order valence-corrected chi connectivity index (χ0v) is 11.8. The van der Waals surface area contributed by atoms with Crippen LogP contribution in [0.2, 0.25) is 0 Å². The molecule has 2 rings (SSSR count). The van der Waals surface area contributed by atoms with Crippen molar-refractivity contribution in [1.29, 1.82) is 0 Å². The van der Waals surface area contributed by atoms with Crippen LogP contribution in [0.3, 0.4) is 0 Å². The van der Waals surface area contributed by atoms with Gasteiger partial charge in [-0.15, -0.1) is 11.3 Å². The molecule has 0 saturated heterocycles. The Morgan fingerprint density at radius 3 is 2.63 bits per heavy atom. The molecule has 1 atom stereocenters. The first-order valence-corrected chi connectivity index (χ1v) is 7.11. The van der Waals surface area contributed by atoms with Gasteiger partial charge in [0.1, 0.15) is 0 Å². The van der Waals surface area contributed by atoms with E-state index in [1.807, 2.05) is 47.8 Å². The van der Waals surface area contributed by atoms with Gasteiger partial charge in [0.25, 0.3) is 0 Å². The van der Waals surface area contributed by atoms with E-state index < -0.39 is 6.04 Å². The molecule has 0 aliphatic heterocycles. The highest BCUT2D eigenvalue weighted by Gasteiger charge is 2.18. The minimum absolute atomic E-state index is 0.0164. The molecule has 0 radical (unpaired) electrons. The van der Waals surface area contributed by atoms with Crippen LogP contribution in [0.4, 0.5) is 0 Å². The van der Waals surface area contributed by atoms with Gasteiger partial charge in [-0.2, -0.15) is 0 Å². The second kappa shape index (κ2) is 6.50. The van der Waals surface area contributed by atoms with Gasteiger partial charge >= 0.3 is 0 Å². The maximum atomic E-state index is 12.2. The number of thiophene rings is 1. The third kappa shape index (κ3) is 3.91. The minimum atomic E-state index is -0.479. The molecular weight excluding hydrogens is 256 g/mol. The Labute approximate surface area is 117 Å². The molecule has 2 N–H and O–H groups in total. The molecule has 100 valence electrons. The number of hydrogen-bond acceptors (Lipinski definition) is 3. The van der Waals surface area contributed by atoms with Crippen molar-refractivity contribution in [2.24, 2.45) is 5.73 Å². The number of likely N-dealkylation sites (N-methyl/N-ethyl adjacent to an activating group) is 1. The van der Waals surface area contributed by atoms with Crippen LogP contribution in [0.5, 0.6) is 0 Å². The lowest BCUT2D eigenvalue weighted by atomic mass is 10.1. The number of nitrogens with zero attached hydrogens (tertiary/aromatic N) is 1. The van der Waals surface area contributed by atoms with E-state index in [0.29, 0.717) is 13.0 Å². The van der Waals surface area contributed by atoms with Crippen LogP contribution in [0.15, 0.2) is 47.8 Å². The van der Waals surface area contributed by atoms with E-state index in [0.717, 1.165) is 5.56 Å². The summed E-state index contributed by atoms with van der Waals surface area (Å²) in [7, 11) is 1.80. The maximum absolute atomic E-state index is 12.2. The second-order valence-corrected chi connectivity index (χ2v) is 5.60. The van der Waals surface area contributed by atoms with E-state index in [4.69, 9.17) is 5.73 Å². The summed E-state index contributed by atoms with van der Waals surface area (Å²) in [6, 6.07) is 13.4. The first-order chi connectivity index (χ1) is 9.16. The molecule has 19 heavy (non-hydrogen) atoms. The van der Waals surface area contributed by atoms with Gasteiger partial charge < -0.3 is 10.6 Å². The second-order valence-electron chi connectivity index (χ2n) is 4.57. The van der Waals surface area contributed by atoms with Crippen LogP contribution >= 0.6 is 11.3 Å². The molecular formula is C15H18N2OS. The van der Waals surface area contributed by atoms with E-state index in [9.17, 15) is 4.79 Å². The fourth-order valence-electron chi connectivity index (χ4n) is 1.95. The standard InChI is InChI=1S/C15H18N2OS/c1-17(11-13-8-5-9-19-13)15(18)14(16)10-12-6-3-2-4-7-12/h2-9,14H,10-11,16H2,1H3. The molecule has 0 aliphatic carbocycles. The van der Waals surface area contributed by atoms with Crippen LogP contribution < -0.4 is 5.73 Å². The summed E-state index contributed by atoms with van der Waals surface area (Å²) in [6.45, 7) is 0.624. The number of amides is 1. The van der Waals surface area contributed by atoms with Crippen LogP contribution in [-0.2, 0) is 17.8 Å². The molecule has 4 heteroatoms. The Hall–Kier alpha value is -1.65. The summed E-state index contributed by atoms with van der Waals surface area (Å²) >= 11 is 1.65. The Balaban J connectivity index is 1.91. The normalized spacial score (nSPS) is 12.1. The Bertz CT molecular complexity index is 510. The highest BCUT2D eigenvalue weighted by Crippen LogP contribution is 2.12. The summed E-state index contributed by atoms with van der Waals surface area (Å²) in [6.07, 6.45) is 0.578. The van der Waals surface area contributed by atoms with Crippen LogP contribution in [0, 0.1) is 0 Å². The van der Waals surface area contributed by atoms with Gasteiger partial charge in [0.15, 0.2) is 0 Å². The fraction of sp³-hybridized carbons (Fsp3) is 0.267. The quantitative estimate of drug-likeness (QED) is 0.909. The largest absolute Gasteiger partial charge is 0.339 e. The molecule has 1 aromatic carbocycles. The molecule has 0 bridgehead atoms. The zero-order valence-electron chi connectivity index (χ0n) is 11.0. The van der Waals surface area contributed by atoms with Crippen molar-refractivity contribution in [1.82, 2.24) is 4.90 Å². The van der Waals surface area contributed by atoms with Gasteiger partial charge in [0, 0.05) is 11.9 Å². The number of carbonyl (C=O) groups is 1. The van der Waals surface area contributed by atoms with E-state index in [2.05, 4.69) is 0 Å². The van der Waals surface area contributed by atoms with E-state index in [1.54, 1.807) is 23.3 Å². The lowest BCUT2D eigenvalue weighted by Crippen LogP contribution is -2.42. The van der Waals surface area contributed by atoms with Crippen molar-refractivity contribution in [2.75, 3.05) is 7.05 Å². The van der Waals surface area contributed by atoms with E-state index in [-0.39, 0.29) is 5.91 Å². The number of nitrogens with two attached hydrogens (primary N) is 1. The molecule has 0 fully saturated rings. The zero-order chi connectivity index (χ0) is 13.7. The third-order valence-corrected chi connectivity index (χ3v) is 3.83. The summed E-state index contributed by atoms with van der Waals surface area (Å²) in [5.74, 6) is -0.0164. The molecule has 0 aliphatic rings. The van der Waals surface area contributed by atoms with Crippen molar-refractivity contribution < 1.29 is 4.79 Å². The number of rotatable bonds is 5. The smallest absolute Gasteiger partial charge is 0.239 e. The van der Waals surface area contributed by atoms with Crippen molar-refractivity contribution in [3.05, 3.63) is 58.3 Å². The monoisotopic (exact) mass is 274 g/mol. The van der Waals surface area contributed by atoms with Gasteiger partial charge in [0.2, 0.25) is 5.91 Å². The summed E-state index contributed by atoms with van der Waals surface area (Å²) in [4.78, 5) is 15.0. The SMILES string of the molecule is CN(Cc1cccs1)C(=O)C(N)Cc1ccccc1. The summed E-state index contributed by atoms with van der Waals surface area (Å²) < 4.78 is 0. The first-order valence-electron chi connectivity index (χ1n) is 6.23. The highest BCUT2D eigenvalue weighted by molar-refractivity contribution is 7.09. The lowest BCUT2D eigenvalue weighted by Gasteiger charge is -2.20. The average molecular weight is 274 g/mol. The molecule has 1 aromatic heterocycles. The minimum Gasteiger partial charge on any atom is -0.339 e. The summed E-state index contributed by atoms with van der Waals surface area (Å²) in [5.41, 5.74) is 7.08. The maximum Gasteiger partial charge on any atom is 0.239 e. The van der Waals surface area contributed by atoms with E-state index >= 15 is 0 Å². The Kier molecular flexibility index (Phi) is 4.71. The molecule has 0 saturated carbocycles. The van der Waals surface area contributed by atoms with E-state index in [1.165, 1.54) is 4.88 Å². The van der Waals surface area contributed by atoms with Crippen LogP contribution in [0.1, 0.15) is 10.4 Å². The molecule has 3 nitrogen and oxygen atoms in total. The fourth-order valence-corrected chi connectivity index (χ4v) is 2.71. The molecule has 1 heterocycles. The van der Waals surface area contributed by atoms with Crippen molar-refractivity contribution in [2.45, 2.75) is 19.0 Å². The van der Waals surface area contributed by atoms with Gasteiger partial charge in [0.05, 0.1) is 12.6 Å².